The first-order valence-electron chi connectivity index (χ1n) is 11.5. The summed E-state index contributed by atoms with van der Waals surface area (Å²) in [6.07, 6.45) is 3.07. The number of rotatable bonds is 7. The number of ether oxygens (including phenoxy) is 2. The third-order valence-electron chi connectivity index (χ3n) is 6.79. The molecule has 1 atom stereocenters. The molecule has 1 aliphatic carbocycles. The molecular formula is C28H25ClO5. The fourth-order valence-corrected chi connectivity index (χ4v) is 5.05. The number of carboxylic acids is 1. The fourth-order valence-electron chi connectivity index (χ4n) is 4.84. The molecule has 1 aliphatic heterocycles. The second kappa shape index (κ2) is 9.51. The summed E-state index contributed by atoms with van der Waals surface area (Å²) in [5.74, 6) is 0.987. The van der Waals surface area contributed by atoms with Crippen LogP contribution in [0.3, 0.4) is 0 Å². The molecule has 3 aromatic rings. The van der Waals surface area contributed by atoms with Crippen molar-refractivity contribution in [2.45, 2.75) is 37.5 Å². The molecule has 1 fully saturated rings. The van der Waals surface area contributed by atoms with Gasteiger partial charge in [-0.05, 0) is 67.0 Å². The summed E-state index contributed by atoms with van der Waals surface area (Å²) < 4.78 is 11.5. The summed E-state index contributed by atoms with van der Waals surface area (Å²) in [6, 6.07) is 20.7. The largest absolute Gasteiger partial charge is 0.493 e. The molecule has 34 heavy (non-hydrogen) atoms. The van der Waals surface area contributed by atoms with Crippen molar-refractivity contribution in [2.24, 2.45) is 5.92 Å². The van der Waals surface area contributed by atoms with Gasteiger partial charge in [0.05, 0.1) is 17.5 Å². The summed E-state index contributed by atoms with van der Waals surface area (Å²) in [4.78, 5) is 24.2. The molecule has 0 amide bonds. The summed E-state index contributed by atoms with van der Waals surface area (Å²) in [5, 5.41) is 9.75. The van der Waals surface area contributed by atoms with Crippen molar-refractivity contribution in [3.05, 3.63) is 88.4 Å². The van der Waals surface area contributed by atoms with Crippen LogP contribution in [0.1, 0.15) is 59.0 Å². The standard InChI is InChI=1S/C28H25ClO5/c29-24-15-23-22(28(31)32)10-11-33-26(23)16-27(24)34-21-8-6-19(7-9-21)25(30)14-17-12-20(13-17)18-4-2-1-3-5-18/h1-9,15-17,20,22H,10-14H2,(H,31,32). The molecule has 1 heterocycles. The average Bonchev–Trinajstić information content (AvgIpc) is 2.82. The lowest BCUT2D eigenvalue weighted by molar-refractivity contribution is -0.139. The van der Waals surface area contributed by atoms with E-state index in [9.17, 15) is 14.7 Å². The van der Waals surface area contributed by atoms with E-state index in [0.29, 0.717) is 64.7 Å². The van der Waals surface area contributed by atoms with Gasteiger partial charge in [-0.1, -0.05) is 41.9 Å². The maximum absolute atomic E-state index is 12.7. The third kappa shape index (κ3) is 4.66. The van der Waals surface area contributed by atoms with Crippen molar-refractivity contribution >= 4 is 23.4 Å². The molecule has 3 aromatic carbocycles. The van der Waals surface area contributed by atoms with E-state index < -0.39 is 11.9 Å². The molecule has 0 bridgehead atoms. The second-order valence-corrected chi connectivity index (χ2v) is 9.45. The summed E-state index contributed by atoms with van der Waals surface area (Å²) in [7, 11) is 0. The van der Waals surface area contributed by atoms with Crippen LogP contribution in [0.2, 0.25) is 5.02 Å². The molecule has 6 heteroatoms. The maximum Gasteiger partial charge on any atom is 0.311 e. The Morgan fingerprint density at radius 1 is 1.03 bits per heavy atom. The summed E-state index contributed by atoms with van der Waals surface area (Å²) >= 11 is 6.37. The number of ketones is 1. The first-order chi connectivity index (χ1) is 16.5. The minimum absolute atomic E-state index is 0.142. The normalized spacial score (nSPS) is 21.0. The first kappa shape index (κ1) is 22.5. The van der Waals surface area contributed by atoms with Gasteiger partial charge in [0, 0.05) is 23.6 Å². The second-order valence-electron chi connectivity index (χ2n) is 9.05. The number of halogens is 1. The molecule has 0 spiro atoms. The van der Waals surface area contributed by atoms with Crippen LogP contribution in [0.5, 0.6) is 17.2 Å². The summed E-state index contributed by atoms with van der Waals surface area (Å²) in [5.41, 5.74) is 2.58. The zero-order valence-corrected chi connectivity index (χ0v) is 19.3. The Labute approximate surface area is 203 Å². The van der Waals surface area contributed by atoms with Crippen molar-refractivity contribution in [2.75, 3.05) is 6.61 Å². The molecule has 174 valence electrons. The minimum atomic E-state index is -0.896. The van der Waals surface area contributed by atoms with Crippen molar-refractivity contribution in [3.8, 4) is 17.2 Å². The number of hydrogen-bond donors (Lipinski definition) is 1. The Kier molecular flexibility index (Phi) is 6.29. The molecule has 0 saturated heterocycles. The highest BCUT2D eigenvalue weighted by molar-refractivity contribution is 6.32. The van der Waals surface area contributed by atoms with E-state index in [4.69, 9.17) is 21.1 Å². The molecule has 1 saturated carbocycles. The number of fused-ring (bicyclic) bond motifs is 1. The van der Waals surface area contributed by atoms with Crippen LogP contribution >= 0.6 is 11.6 Å². The van der Waals surface area contributed by atoms with Crippen molar-refractivity contribution < 1.29 is 24.2 Å². The molecule has 0 radical (unpaired) electrons. The van der Waals surface area contributed by atoms with Gasteiger partial charge in [0.25, 0.3) is 0 Å². The van der Waals surface area contributed by atoms with E-state index in [-0.39, 0.29) is 5.78 Å². The Hall–Kier alpha value is -3.31. The topological polar surface area (TPSA) is 72.8 Å². The fraction of sp³-hybridized carbons (Fsp3) is 0.286. The first-order valence-corrected chi connectivity index (χ1v) is 11.9. The SMILES string of the molecule is O=C(CC1CC(c2ccccc2)C1)c1ccc(Oc2cc3c(cc2Cl)C(C(=O)O)CCO3)cc1. The van der Waals surface area contributed by atoms with Crippen LogP contribution < -0.4 is 9.47 Å². The van der Waals surface area contributed by atoms with Crippen LogP contribution in [0, 0.1) is 5.92 Å². The molecule has 1 N–H and O–H groups in total. The molecule has 5 rings (SSSR count). The third-order valence-corrected chi connectivity index (χ3v) is 7.08. The van der Waals surface area contributed by atoms with Gasteiger partial charge in [0.1, 0.15) is 17.2 Å². The maximum atomic E-state index is 12.7. The molecule has 2 aliphatic rings. The van der Waals surface area contributed by atoms with Gasteiger partial charge >= 0.3 is 5.97 Å². The highest BCUT2D eigenvalue weighted by Gasteiger charge is 2.32. The Bertz CT molecular complexity index is 1200. The Morgan fingerprint density at radius 2 is 1.76 bits per heavy atom. The van der Waals surface area contributed by atoms with Crippen LogP contribution in [0.4, 0.5) is 0 Å². The van der Waals surface area contributed by atoms with E-state index in [2.05, 4.69) is 24.3 Å². The highest BCUT2D eigenvalue weighted by atomic mass is 35.5. The number of hydrogen-bond acceptors (Lipinski definition) is 4. The zero-order valence-electron chi connectivity index (χ0n) is 18.6. The number of carbonyl (C=O) groups is 2. The van der Waals surface area contributed by atoms with Gasteiger partial charge in [-0.3, -0.25) is 9.59 Å². The Morgan fingerprint density at radius 3 is 2.47 bits per heavy atom. The number of benzene rings is 3. The Balaban J connectivity index is 1.20. The van der Waals surface area contributed by atoms with Crippen molar-refractivity contribution in [3.63, 3.8) is 0 Å². The highest BCUT2D eigenvalue weighted by Crippen LogP contribution is 2.44. The predicted molar refractivity (Wildman–Crippen MR) is 129 cm³/mol. The summed E-state index contributed by atoms with van der Waals surface area (Å²) in [6.45, 7) is 0.328. The smallest absolute Gasteiger partial charge is 0.311 e. The van der Waals surface area contributed by atoms with Gasteiger partial charge < -0.3 is 14.6 Å². The van der Waals surface area contributed by atoms with E-state index in [1.807, 2.05) is 6.07 Å². The number of aliphatic carboxylic acids is 1. The lowest BCUT2D eigenvalue weighted by Gasteiger charge is -2.35. The average molecular weight is 477 g/mol. The van der Waals surface area contributed by atoms with Gasteiger partial charge in [0.2, 0.25) is 0 Å². The van der Waals surface area contributed by atoms with Crippen molar-refractivity contribution in [1.29, 1.82) is 0 Å². The molecule has 0 aromatic heterocycles. The zero-order chi connectivity index (χ0) is 23.7. The number of carbonyl (C=O) groups excluding carboxylic acids is 1. The van der Waals surface area contributed by atoms with Crippen LogP contribution in [-0.2, 0) is 4.79 Å². The van der Waals surface area contributed by atoms with Gasteiger partial charge in [-0.2, -0.15) is 0 Å². The van der Waals surface area contributed by atoms with Gasteiger partial charge in [-0.25, -0.2) is 0 Å². The quantitative estimate of drug-likeness (QED) is 0.377. The number of carboxylic acid groups (broad SMARTS) is 1. The van der Waals surface area contributed by atoms with E-state index in [0.717, 1.165) is 12.8 Å². The van der Waals surface area contributed by atoms with E-state index in [1.165, 1.54) is 5.56 Å². The number of Topliss-reactive ketones (excluding diaryl/α,β-unsaturated/α-hetero) is 1. The molecule has 5 nitrogen and oxygen atoms in total. The lowest BCUT2D eigenvalue weighted by atomic mass is 9.69. The van der Waals surface area contributed by atoms with Crippen LogP contribution in [0.15, 0.2) is 66.7 Å². The van der Waals surface area contributed by atoms with Crippen LogP contribution in [0.25, 0.3) is 0 Å². The molecular weight excluding hydrogens is 452 g/mol. The van der Waals surface area contributed by atoms with Crippen molar-refractivity contribution in [1.82, 2.24) is 0 Å². The van der Waals surface area contributed by atoms with E-state index in [1.54, 1.807) is 36.4 Å². The van der Waals surface area contributed by atoms with Gasteiger partial charge in [0.15, 0.2) is 5.78 Å². The monoisotopic (exact) mass is 476 g/mol. The molecule has 1 unspecified atom stereocenters. The van der Waals surface area contributed by atoms with Gasteiger partial charge in [-0.15, -0.1) is 0 Å². The lowest BCUT2D eigenvalue weighted by Crippen LogP contribution is -2.24. The van der Waals surface area contributed by atoms with E-state index >= 15 is 0 Å². The predicted octanol–water partition coefficient (Wildman–Crippen LogP) is 6.85. The van der Waals surface area contributed by atoms with Crippen LogP contribution in [-0.4, -0.2) is 23.5 Å². The minimum Gasteiger partial charge on any atom is -0.493 e.